The number of aromatic nitrogens is 1. The van der Waals surface area contributed by atoms with E-state index in [9.17, 15) is 9.59 Å². The SMILES string of the molecule is O=C(O)c1ccc(C=CC(=O)c2cccnc2)cc1. The van der Waals surface area contributed by atoms with Crippen molar-refractivity contribution in [3.05, 3.63) is 71.6 Å². The van der Waals surface area contributed by atoms with Gasteiger partial charge in [-0.3, -0.25) is 9.78 Å². The van der Waals surface area contributed by atoms with E-state index in [1.165, 1.54) is 24.4 Å². The molecule has 94 valence electrons. The molecule has 0 fully saturated rings. The number of pyridine rings is 1. The van der Waals surface area contributed by atoms with Gasteiger partial charge in [0.25, 0.3) is 0 Å². The van der Waals surface area contributed by atoms with Crippen LogP contribution in [0, 0.1) is 0 Å². The van der Waals surface area contributed by atoms with E-state index in [-0.39, 0.29) is 11.3 Å². The Bertz CT molecular complexity index is 616. The maximum absolute atomic E-state index is 11.8. The molecule has 19 heavy (non-hydrogen) atoms. The number of benzene rings is 1. The molecule has 0 spiro atoms. The fraction of sp³-hybridized carbons (Fsp3) is 0. The summed E-state index contributed by atoms with van der Waals surface area (Å²) in [5.74, 6) is -1.11. The van der Waals surface area contributed by atoms with Crippen molar-refractivity contribution < 1.29 is 14.7 Å². The molecule has 2 aromatic rings. The summed E-state index contributed by atoms with van der Waals surface area (Å²) < 4.78 is 0. The summed E-state index contributed by atoms with van der Waals surface area (Å²) in [4.78, 5) is 26.3. The molecule has 1 aromatic heterocycles. The molecule has 0 saturated carbocycles. The van der Waals surface area contributed by atoms with Crippen molar-refractivity contribution in [3.63, 3.8) is 0 Å². The third-order valence-electron chi connectivity index (χ3n) is 2.53. The largest absolute Gasteiger partial charge is 0.478 e. The van der Waals surface area contributed by atoms with Crippen molar-refractivity contribution in [1.29, 1.82) is 0 Å². The average Bonchev–Trinajstić information content (AvgIpc) is 2.46. The zero-order valence-corrected chi connectivity index (χ0v) is 9.98. The Kier molecular flexibility index (Phi) is 3.83. The van der Waals surface area contributed by atoms with Gasteiger partial charge >= 0.3 is 5.97 Å². The van der Waals surface area contributed by atoms with Crippen LogP contribution in [0.2, 0.25) is 0 Å². The molecule has 0 amide bonds. The maximum Gasteiger partial charge on any atom is 0.335 e. The van der Waals surface area contributed by atoms with Gasteiger partial charge in [-0.2, -0.15) is 0 Å². The molecule has 4 heteroatoms. The van der Waals surface area contributed by atoms with E-state index in [0.29, 0.717) is 5.56 Å². The average molecular weight is 253 g/mol. The van der Waals surface area contributed by atoms with Gasteiger partial charge in [0.15, 0.2) is 5.78 Å². The van der Waals surface area contributed by atoms with Crippen LogP contribution in [0.3, 0.4) is 0 Å². The second-order valence-corrected chi connectivity index (χ2v) is 3.87. The number of allylic oxidation sites excluding steroid dienone is 1. The molecule has 2 rings (SSSR count). The number of hydrogen-bond acceptors (Lipinski definition) is 3. The Morgan fingerprint density at radius 1 is 1.05 bits per heavy atom. The molecule has 4 nitrogen and oxygen atoms in total. The molecule has 0 aliphatic carbocycles. The van der Waals surface area contributed by atoms with E-state index in [1.807, 2.05) is 0 Å². The Morgan fingerprint density at radius 2 is 1.79 bits per heavy atom. The second-order valence-electron chi connectivity index (χ2n) is 3.87. The molecule has 0 atom stereocenters. The summed E-state index contributed by atoms with van der Waals surface area (Å²) in [6.45, 7) is 0. The van der Waals surface area contributed by atoms with Crippen LogP contribution in [-0.4, -0.2) is 21.8 Å². The summed E-state index contributed by atoms with van der Waals surface area (Å²) in [6, 6.07) is 9.68. The lowest BCUT2D eigenvalue weighted by Crippen LogP contribution is -1.95. The topological polar surface area (TPSA) is 67.3 Å². The fourth-order valence-electron chi connectivity index (χ4n) is 1.51. The maximum atomic E-state index is 11.8. The quantitative estimate of drug-likeness (QED) is 0.672. The smallest absolute Gasteiger partial charge is 0.335 e. The number of carboxylic acid groups (broad SMARTS) is 1. The number of rotatable bonds is 4. The molecule has 0 unspecified atom stereocenters. The van der Waals surface area contributed by atoms with Gasteiger partial charge < -0.3 is 5.11 Å². The van der Waals surface area contributed by atoms with Gasteiger partial charge in [-0.15, -0.1) is 0 Å². The van der Waals surface area contributed by atoms with Crippen LogP contribution in [0.4, 0.5) is 0 Å². The minimum absolute atomic E-state index is 0.143. The molecular weight excluding hydrogens is 242 g/mol. The van der Waals surface area contributed by atoms with Crippen LogP contribution in [0.25, 0.3) is 6.08 Å². The van der Waals surface area contributed by atoms with E-state index < -0.39 is 5.97 Å². The molecular formula is C15H11NO3. The molecule has 0 aliphatic heterocycles. The highest BCUT2D eigenvalue weighted by Crippen LogP contribution is 2.07. The number of ketones is 1. The Labute approximate surface area is 110 Å². The zero-order chi connectivity index (χ0) is 13.7. The van der Waals surface area contributed by atoms with Gasteiger partial charge in [0.2, 0.25) is 0 Å². The predicted molar refractivity (Wildman–Crippen MR) is 71.0 cm³/mol. The molecule has 0 aliphatic rings. The van der Waals surface area contributed by atoms with E-state index in [2.05, 4.69) is 4.98 Å². The van der Waals surface area contributed by atoms with Crippen molar-refractivity contribution in [2.45, 2.75) is 0 Å². The van der Waals surface area contributed by atoms with Crippen molar-refractivity contribution in [1.82, 2.24) is 4.98 Å². The number of nitrogens with zero attached hydrogens (tertiary/aromatic N) is 1. The van der Waals surface area contributed by atoms with Crippen LogP contribution in [0.1, 0.15) is 26.3 Å². The number of hydrogen-bond donors (Lipinski definition) is 1. The van der Waals surface area contributed by atoms with Crippen molar-refractivity contribution >= 4 is 17.8 Å². The van der Waals surface area contributed by atoms with Crippen molar-refractivity contribution in [2.24, 2.45) is 0 Å². The first-order valence-corrected chi connectivity index (χ1v) is 5.62. The monoisotopic (exact) mass is 253 g/mol. The predicted octanol–water partition coefficient (Wildman–Crippen LogP) is 2.68. The van der Waals surface area contributed by atoms with Gasteiger partial charge in [0.05, 0.1) is 5.56 Å². The van der Waals surface area contributed by atoms with Gasteiger partial charge in [-0.1, -0.05) is 18.2 Å². The van der Waals surface area contributed by atoms with Gasteiger partial charge in [-0.05, 0) is 35.9 Å². The van der Waals surface area contributed by atoms with Gasteiger partial charge in [-0.25, -0.2) is 4.79 Å². The molecule has 0 radical (unpaired) electrons. The minimum atomic E-state index is -0.970. The number of carbonyl (C=O) groups excluding carboxylic acids is 1. The highest BCUT2D eigenvalue weighted by Gasteiger charge is 2.02. The second kappa shape index (κ2) is 5.73. The highest BCUT2D eigenvalue weighted by molar-refractivity contribution is 6.06. The van der Waals surface area contributed by atoms with Crippen LogP contribution >= 0.6 is 0 Å². The molecule has 0 bridgehead atoms. The zero-order valence-electron chi connectivity index (χ0n) is 9.98. The standard InChI is InChI=1S/C15H11NO3/c17-14(13-2-1-9-16-10-13)8-5-11-3-6-12(7-4-11)15(18)19/h1-10H,(H,18,19). The van der Waals surface area contributed by atoms with Crippen LogP contribution in [0.15, 0.2) is 54.9 Å². The summed E-state index contributed by atoms with van der Waals surface area (Å²) in [6.07, 6.45) is 6.18. The summed E-state index contributed by atoms with van der Waals surface area (Å²) >= 11 is 0. The fourth-order valence-corrected chi connectivity index (χ4v) is 1.51. The molecule has 1 N–H and O–H groups in total. The number of aromatic carboxylic acids is 1. The third-order valence-corrected chi connectivity index (χ3v) is 2.53. The normalized spacial score (nSPS) is 10.5. The Hall–Kier alpha value is -2.75. The lowest BCUT2D eigenvalue weighted by atomic mass is 10.1. The molecule has 0 saturated heterocycles. The Balaban J connectivity index is 2.10. The van der Waals surface area contributed by atoms with Crippen LogP contribution in [0.5, 0.6) is 0 Å². The first-order valence-electron chi connectivity index (χ1n) is 5.62. The summed E-state index contributed by atoms with van der Waals surface area (Å²) in [5, 5.41) is 8.76. The highest BCUT2D eigenvalue weighted by atomic mass is 16.4. The molecule has 1 heterocycles. The third kappa shape index (κ3) is 3.35. The van der Waals surface area contributed by atoms with Crippen molar-refractivity contribution in [3.8, 4) is 0 Å². The van der Waals surface area contributed by atoms with E-state index in [0.717, 1.165) is 5.56 Å². The van der Waals surface area contributed by atoms with E-state index >= 15 is 0 Å². The first kappa shape index (κ1) is 12.7. The minimum Gasteiger partial charge on any atom is -0.478 e. The lowest BCUT2D eigenvalue weighted by Gasteiger charge is -1.96. The van der Waals surface area contributed by atoms with E-state index in [1.54, 1.807) is 36.5 Å². The number of carbonyl (C=O) groups is 2. The Morgan fingerprint density at radius 3 is 2.37 bits per heavy atom. The van der Waals surface area contributed by atoms with Gasteiger partial charge in [0.1, 0.15) is 0 Å². The van der Waals surface area contributed by atoms with Gasteiger partial charge in [0, 0.05) is 18.0 Å². The first-order chi connectivity index (χ1) is 9.16. The van der Waals surface area contributed by atoms with Crippen LogP contribution in [-0.2, 0) is 0 Å². The van der Waals surface area contributed by atoms with Crippen molar-refractivity contribution in [2.75, 3.05) is 0 Å². The molecule has 1 aromatic carbocycles. The summed E-state index contributed by atoms with van der Waals surface area (Å²) in [7, 11) is 0. The van der Waals surface area contributed by atoms with E-state index in [4.69, 9.17) is 5.11 Å². The lowest BCUT2D eigenvalue weighted by molar-refractivity contribution is 0.0696. The number of carboxylic acids is 1. The van der Waals surface area contributed by atoms with Crippen LogP contribution < -0.4 is 0 Å². The summed E-state index contributed by atoms with van der Waals surface area (Å²) in [5.41, 5.74) is 1.50.